The number of phenols is 1. The maximum Gasteiger partial charge on any atom is 0.182 e. The van der Waals surface area contributed by atoms with Crippen molar-refractivity contribution in [3.8, 4) is 5.75 Å². The second-order valence-corrected chi connectivity index (χ2v) is 5.76. The number of hydrogen-bond acceptors (Lipinski definition) is 6. The number of aromatic hydroxyl groups is 1. The van der Waals surface area contributed by atoms with E-state index in [-0.39, 0.29) is 5.75 Å². The highest BCUT2D eigenvalue weighted by molar-refractivity contribution is 7.80. The van der Waals surface area contributed by atoms with Gasteiger partial charge in [0.2, 0.25) is 0 Å². The summed E-state index contributed by atoms with van der Waals surface area (Å²) in [6, 6.07) is 10.4. The molecule has 0 amide bonds. The zero-order valence-electron chi connectivity index (χ0n) is 13.7. The Hall–Kier alpha value is -3.00. The van der Waals surface area contributed by atoms with Gasteiger partial charge in [-0.1, -0.05) is 6.92 Å². The molecule has 8 heteroatoms. The van der Waals surface area contributed by atoms with Crippen LogP contribution < -0.4 is 16.0 Å². The Balaban J connectivity index is 1.78. The monoisotopic (exact) mass is 354 g/mol. The first-order chi connectivity index (χ1) is 12.1. The second kappa shape index (κ2) is 7.71. The number of phenolic OH excluding ortho intramolecular Hbond substituents is 1. The molecule has 0 aliphatic carbocycles. The van der Waals surface area contributed by atoms with Crippen LogP contribution in [0.4, 0.5) is 17.3 Å². The molecule has 2 heterocycles. The fraction of sp³-hybridized carbons (Fsp3) is 0.176. The van der Waals surface area contributed by atoms with Gasteiger partial charge >= 0.3 is 0 Å². The molecule has 0 aliphatic rings. The molecule has 0 fully saturated rings. The van der Waals surface area contributed by atoms with Gasteiger partial charge in [-0.3, -0.25) is 0 Å². The molecule has 0 spiro atoms. The minimum absolute atomic E-state index is 0.208. The fourth-order valence-corrected chi connectivity index (χ4v) is 2.33. The summed E-state index contributed by atoms with van der Waals surface area (Å²) >= 11 is 5.22. The van der Waals surface area contributed by atoms with Crippen molar-refractivity contribution in [2.24, 2.45) is 0 Å². The maximum absolute atomic E-state index is 9.33. The summed E-state index contributed by atoms with van der Waals surface area (Å²) in [4.78, 5) is 13.3. The Morgan fingerprint density at radius 1 is 1.08 bits per heavy atom. The molecule has 128 valence electrons. The molecule has 4 N–H and O–H groups in total. The highest BCUT2D eigenvalue weighted by atomic mass is 32.1. The van der Waals surface area contributed by atoms with Gasteiger partial charge in [0.15, 0.2) is 16.6 Å². The molecule has 7 nitrogen and oxygen atoms in total. The summed E-state index contributed by atoms with van der Waals surface area (Å²) in [6.45, 7) is 2.88. The average Bonchev–Trinajstić information content (AvgIpc) is 2.61. The Morgan fingerprint density at radius 3 is 2.60 bits per heavy atom. The molecule has 0 saturated heterocycles. The van der Waals surface area contributed by atoms with E-state index in [0.717, 1.165) is 18.7 Å². The molecule has 0 atom stereocenters. The molecule has 0 saturated carbocycles. The lowest BCUT2D eigenvalue weighted by atomic mass is 10.3. The van der Waals surface area contributed by atoms with Crippen molar-refractivity contribution >= 4 is 45.8 Å². The highest BCUT2D eigenvalue weighted by Gasteiger charge is 2.05. The second-order valence-electron chi connectivity index (χ2n) is 5.35. The van der Waals surface area contributed by atoms with Crippen LogP contribution in [0.3, 0.4) is 0 Å². The van der Waals surface area contributed by atoms with Gasteiger partial charge in [0.05, 0.1) is 6.20 Å². The largest absolute Gasteiger partial charge is 0.508 e. The molecule has 3 aromatic rings. The third-order valence-corrected chi connectivity index (χ3v) is 3.57. The van der Waals surface area contributed by atoms with Gasteiger partial charge in [0.25, 0.3) is 0 Å². The first-order valence-electron chi connectivity index (χ1n) is 7.89. The molecular formula is C17H18N6OS. The van der Waals surface area contributed by atoms with E-state index in [9.17, 15) is 5.11 Å². The van der Waals surface area contributed by atoms with Crippen LogP contribution in [-0.2, 0) is 0 Å². The Bertz CT molecular complexity index is 884. The molecule has 0 bridgehead atoms. The Kier molecular flexibility index (Phi) is 5.20. The van der Waals surface area contributed by atoms with Crippen molar-refractivity contribution in [2.75, 3.05) is 17.2 Å². The standard InChI is InChI=1S/C17H18N6OS/c1-2-9-18-17(25)23-14-8-7-13-16(21-14)22-15(10-19-13)20-11-3-5-12(24)6-4-11/h3-8,10,24H,2,9H2,1H3,(H3,18,20,21,22,23,25). The lowest BCUT2D eigenvalue weighted by Crippen LogP contribution is -2.29. The lowest BCUT2D eigenvalue weighted by Gasteiger charge is -2.10. The summed E-state index contributed by atoms with van der Waals surface area (Å²) < 4.78 is 0. The van der Waals surface area contributed by atoms with Crippen LogP contribution in [0.15, 0.2) is 42.6 Å². The normalized spacial score (nSPS) is 10.4. The number of pyridine rings is 1. The van der Waals surface area contributed by atoms with Crippen LogP contribution in [0.1, 0.15) is 13.3 Å². The van der Waals surface area contributed by atoms with Crippen LogP contribution in [0.5, 0.6) is 5.75 Å². The van der Waals surface area contributed by atoms with E-state index in [0.29, 0.717) is 27.9 Å². The number of aromatic nitrogens is 3. The molecule has 1 aromatic carbocycles. The Morgan fingerprint density at radius 2 is 1.84 bits per heavy atom. The summed E-state index contributed by atoms with van der Waals surface area (Å²) in [5.41, 5.74) is 1.99. The van der Waals surface area contributed by atoms with Gasteiger partial charge in [-0.25, -0.2) is 15.0 Å². The average molecular weight is 354 g/mol. The molecule has 3 rings (SSSR count). The van der Waals surface area contributed by atoms with E-state index in [4.69, 9.17) is 12.2 Å². The molecule has 0 aliphatic heterocycles. The van der Waals surface area contributed by atoms with E-state index >= 15 is 0 Å². The first-order valence-corrected chi connectivity index (χ1v) is 8.29. The lowest BCUT2D eigenvalue weighted by molar-refractivity contribution is 0.475. The van der Waals surface area contributed by atoms with Crippen molar-refractivity contribution in [2.45, 2.75) is 13.3 Å². The quantitative estimate of drug-likeness (QED) is 0.410. The third-order valence-electron chi connectivity index (χ3n) is 3.32. The summed E-state index contributed by atoms with van der Waals surface area (Å²) in [6.07, 6.45) is 2.63. The predicted molar refractivity (Wildman–Crippen MR) is 103 cm³/mol. The first kappa shape index (κ1) is 16.8. The fourth-order valence-electron chi connectivity index (χ4n) is 2.12. The minimum Gasteiger partial charge on any atom is -0.508 e. The highest BCUT2D eigenvalue weighted by Crippen LogP contribution is 2.19. The Labute approximate surface area is 150 Å². The van der Waals surface area contributed by atoms with Gasteiger partial charge in [-0.15, -0.1) is 0 Å². The van der Waals surface area contributed by atoms with E-state index in [2.05, 4.69) is 37.8 Å². The van der Waals surface area contributed by atoms with Crippen molar-refractivity contribution in [1.29, 1.82) is 0 Å². The van der Waals surface area contributed by atoms with Gasteiger partial charge < -0.3 is 21.1 Å². The maximum atomic E-state index is 9.33. The molecular weight excluding hydrogens is 336 g/mol. The van der Waals surface area contributed by atoms with E-state index in [1.54, 1.807) is 30.5 Å². The van der Waals surface area contributed by atoms with Gasteiger partial charge in [0.1, 0.15) is 17.1 Å². The number of hydrogen-bond donors (Lipinski definition) is 4. The van der Waals surface area contributed by atoms with Crippen LogP contribution in [-0.4, -0.2) is 31.7 Å². The van der Waals surface area contributed by atoms with Crippen molar-refractivity contribution in [3.05, 3.63) is 42.6 Å². The third kappa shape index (κ3) is 4.51. The number of anilines is 3. The number of rotatable bonds is 5. The number of benzene rings is 1. The molecule has 0 unspecified atom stereocenters. The zero-order valence-corrected chi connectivity index (χ0v) is 14.5. The van der Waals surface area contributed by atoms with E-state index in [1.807, 2.05) is 12.1 Å². The number of nitrogens with one attached hydrogen (secondary N) is 3. The SMILES string of the molecule is CCCNC(=S)Nc1ccc2ncc(Nc3ccc(O)cc3)nc2n1. The van der Waals surface area contributed by atoms with Crippen LogP contribution in [0.25, 0.3) is 11.2 Å². The minimum atomic E-state index is 0.208. The van der Waals surface area contributed by atoms with Crippen LogP contribution >= 0.6 is 12.2 Å². The number of thiocarbonyl (C=S) groups is 1. The smallest absolute Gasteiger partial charge is 0.182 e. The molecule has 25 heavy (non-hydrogen) atoms. The molecule has 0 radical (unpaired) electrons. The number of nitrogens with zero attached hydrogens (tertiary/aromatic N) is 3. The topological polar surface area (TPSA) is 95.0 Å². The van der Waals surface area contributed by atoms with Crippen molar-refractivity contribution in [3.63, 3.8) is 0 Å². The van der Waals surface area contributed by atoms with E-state index in [1.165, 1.54) is 0 Å². The van der Waals surface area contributed by atoms with Crippen molar-refractivity contribution in [1.82, 2.24) is 20.3 Å². The zero-order chi connectivity index (χ0) is 17.6. The van der Waals surface area contributed by atoms with Crippen molar-refractivity contribution < 1.29 is 5.11 Å². The summed E-state index contributed by atoms with van der Waals surface area (Å²) in [5, 5.41) is 19.1. The van der Waals surface area contributed by atoms with Crippen LogP contribution in [0, 0.1) is 0 Å². The predicted octanol–water partition coefficient (Wildman–Crippen LogP) is 3.17. The van der Waals surface area contributed by atoms with E-state index < -0.39 is 0 Å². The van der Waals surface area contributed by atoms with Crippen LogP contribution in [0.2, 0.25) is 0 Å². The summed E-state index contributed by atoms with van der Waals surface area (Å²) in [7, 11) is 0. The van der Waals surface area contributed by atoms with Gasteiger partial charge in [-0.05, 0) is 55.0 Å². The number of fused-ring (bicyclic) bond motifs is 1. The van der Waals surface area contributed by atoms with Gasteiger partial charge in [-0.2, -0.15) is 0 Å². The van der Waals surface area contributed by atoms with Gasteiger partial charge in [0, 0.05) is 12.2 Å². The molecule has 2 aromatic heterocycles. The summed E-state index contributed by atoms with van der Waals surface area (Å²) in [5.74, 6) is 1.38.